The van der Waals surface area contributed by atoms with Gasteiger partial charge in [0.15, 0.2) is 5.84 Å². The first kappa shape index (κ1) is 16.7. The fourth-order valence-electron chi connectivity index (χ4n) is 2.84. The molecule has 0 unspecified atom stereocenters. The highest BCUT2D eigenvalue weighted by Crippen LogP contribution is 2.30. The van der Waals surface area contributed by atoms with Crippen LogP contribution in [-0.2, 0) is 0 Å². The molecule has 0 saturated carbocycles. The van der Waals surface area contributed by atoms with Crippen molar-refractivity contribution in [2.24, 2.45) is 9.98 Å². The first-order chi connectivity index (χ1) is 13.1. The molecule has 6 nitrogen and oxygen atoms in total. The number of benzene rings is 3. The summed E-state index contributed by atoms with van der Waals surface area (Å²) in [6.07, 6.45) is 0. The summed E-state index contributed by atoms with van der Waals surface area (Å²) in [5, 5.41) is 14.3. The van der Waals surface area contributed by atoms with Crippen LogP contribution in [0, 0.1) is 17.0 Å². The second kappa shape index (κ2) is 6.84. The minimum absolute atomic E-state index is 0.0427. The van der Waals surface area contributed by atoms with Gasteiger partial charge in [-0.15, -0.1) is 0 Å². The van der Waals surface area contributed by atoms with Crippen molar-refractivity contribution in [3.05, 3.63) is 99.6 Å². The highest BCUT2D eigenvalue weighted by atomic mass is 16.6. The maximum absolute atomic E-state index is 10.9. The van der Waals surface area contributed by atoms with Crippen molar-refractivity contribution in [3.8, 4) is 0 Å². The van der Waals surface area contributed by atoms with Gasteiger partial charge < -0.3 is 5.32 Å². The standard InChI is InChI=1S/C21H16N4O2/c1-14-7-12-18-19(13-14)23-21(16-8-10-17(11-9-16)25(26)27)24-20(22-18)15-5-3-2-4-6-15/h2-13H,1H3,(H,22,23,24). The van der Waals surface area contributed by atoms with Crippen molar-refractivity contribution in [1.82, 2.24) is 0 Å². The second-order valence-electron chi connectivity index (χ2n) is 6.21. The summed E-state index contributed by atoms with van der Waals surface area (Å²) in [6.45, 7) is 2.01. The first-order valence-electron chi connectivity index (χ1n) is 8.45. The van der Waals surface area contributed by atoms with Crippen LogP contribution in [0.3, 0.4) is 0 Å². The van der Waals surface area contributed by atoms with Gasteiger partial charge in [0.25, 0.3) is 5.69 Å². The predicted molar refractivity (Wildman–Crippen MR) is 107 cm³/mol. The van der Waals surface area contributed by atoms with Crippen molar-refractivity contribution in [3.63, 3.8) is 0 Å². The Labute approximate surface area is 156 Å². The van der Waals surface area contributed by atoms with E-state index in [1.54, 1.807) is 12.1 Å². The predicted octanol–water partition coefficient (Wildman–Crippen LogP) is 4.85. The Morgan fingerprint density at radius 2 is 1.63 bits per heavy atom. The molecule has 6 heteroatoms. The van der Waals surface area contributed by atoms with E-state index in [0.29, 0.717) is 11.7 Å². The number of aliphatic imine (C=N–C) groups is 2. The smallest absolute Gasteiger partial charge is 0.269 e. The van der Waals surface area contributed by atoms with Crippen molar-refractivity contribution in [2.45, 2.75) is 6.92 Å². The summed E-state index contributed by atoms with van der Waals surface area (Å²) in [5.41, 5.74) is 4.42. The molecule has 0 spiro atoms. The van der Waals surface area contributed by atoms with Crippen molar-refractivity contribution < 1.29 is 4.92 Å². The molecule has 0 amide bonds. The number of anilines is 1. The molecule has 0 atom stereocenters. The lowest BCUT2D eigenvalue weighted by atomic mass is 10.1. The molecule has 132 valence electrons. The maximum atomic E-state index is 10.9. The van der Waals surface area contributed by atoms with Crippen LogP contribution in [0.2, 0.25) is 0 Å². The fourth-order valence-corrected chi connectivity index (χ4v) is 2.84. The number of nitrogens with one attached hydrogen (secondary N) is 1. The zero-order valence-electron chi connectivity index (χ0n) is 14.6. The lowest BCUT2D eigenvalue weighted by Crippen LogP contribution is -2.15. The van der Waals surface area contributed by atoms with Crippen LogP contribution in [0.25, 0.3) is 0 Å². The maximum Gasteiger partial charge on any atom is 0.269 e. The lowest BCUT2D eigenvalue weighted by molar-refractivity contribution is -0.384. The summed E-state index contributed by atoms with van der Waals surface area (Å²) in [4.78, 5) is 20.0. The quantitative estimate of drug-likeness (QED) is 0.538. The van der Waals surface area contributed by atoms with E-state index in [9.17, 15) is 10.1 Å². The van der Waals surface area contributed by atoms with Crippen molar-refractivity contribution in [2.75, 3.05) is 5.32 Å². The van der Waals surface area contributed by atoms with E-state index in [-0.39, 0.29) is 5.69 Å². The molecule has 0 aliphatic carbocycles. The Hall–Kier alpha value is -3.80. The van der Waals surface area contributed by atoms with Gasteiger partial charge in [-0.3, -0.25) is 10.1 Å². The van der Waals surface area contributed by atoms with Crippen molar-refractivity contribution >= 4 is 28.7 Å². The molecule has 1 aliphatic heterocycles. The number of fused-ring (bicyclic) bond motifs is 1. The Kier molecular flexibility index (Phi) is 4.22. The van der Waals surface area contributed by atoms with E-state index in [2.05, 4.69) is 5.32 Å². The minimum atomic E-state index is -0.415. The van der Waals surface area contributed by atoms with Crippen LogP contribution < -0.4 is 5.32 Å². The molecule has 3 aromatic carbocycles. The third-order valence-electron chi connectivity index (χ3n) is 4.23. The summed E-state index contributed by atoms with van der Waals surface area (Å²) in [7, 11) is 0. The van der Waals surface area contributed by atoms with Gasteiger partial charge in [-0.2, -0.15) is 0 Å². The van der Waals surface area contributed by atoms with Crippen LogP contribution >= 0.6 is 0 Å². The second-order valence-corrected chi connectivity index (χ2v) is 6.21. The number of non-ortho nitro benzene ring substituents is 1. The fraction of sp³-hybridized carbons (Fsp3) is 0.0476. The van der Waals surface area contributed by atoms with Crippen LogP contribution in [0.4, 0.5) is 17.1 Å². The largest absolute Gasteiger partial charge is 0.338 e. The Balaban J connectivity index is 1.84. The molecule has 0 fully saturated rings. The third-order valence-corrected chi connectivity index (χ3v) is 4.23. The Morgan fingerprint density at radius 1 is 0.889 bits per heavy atom. The summed E-state index contributed by atoms with van der Waals surface area (Å²) in [5.74, 6) is 1.18. The molecule has 0 saturated heterocycles. The molecule has 27 heavy (non-hydrogen) atoms. The van der Waals surface area contributed by atoms with Gasteiger partial charge in [0.2, 0.25) is 0 Å². The molecule has 0 bridgehead atoms. The van der Waals surface area contributed by atoms with Gasteiger partial charge in [0.1, 0.15) is 5.84 Å². The molecule has 1 heterocycles. The molecule has 0 aromatic heterocycles. The molecular formula is C21H16N4O2. The third kappa shape index (κ3) is 3.46. The van der Waals surface area contributed by atoms with E-state index >= 15 is 0 Å². The van der Waals surface area contributed by atoms with E-state index in [4.69, 9.17) is 9.98 Å². The van der Waals surface area contributed by atoms with Gasteiger partial charge in [-0.1, -0.05) is 36.4 Å². The zero-order valence-corrected chi connectivity index (χ0v) is 14.6. The molecule has 1 N–H and O–H groups in total. The highest BCUT2D eigenvalue weighted by molar-refractivity contribution is 6.19. The normalized spacial score (nSPS) is 12.9. The molecular weight excluding hydrogens is 340 g/mol. The summed E-state index contributed by atoms with van der Waals surface area (Å²) < 4.78 is 0. The molecule has 0 radical (unpaired) electrons. The Morgan fingerprint density at radius 3 is 2.33 bits per heavy atom. The van der Waals surface area contributed by atoms with Crippen LogP contribution in [-0.4, -0.2) is 16.6 Å². The SMILES string of the molecule is Cc1ccc2c(c1)NC(c1ccc([N+](=O)[O-])cc1)=NC(c1ccccc1)=N2. The minimum Gasteiger partial charge on any atom is -0.338 e. The number of hydrogen-bond donors (Lipinski definition) is 1. The number of nitro benzene ring substituents is 1. The number of aryl methyl sites for hydroxylation is 1. The van der Waals surface area contributed by atoms with Gasteiger partial charge in [-0.25, -0.2) is 9.98 Å². The monoisotopic (exact) mass is 356 g/mol. The van der Waals surface area contributed by atoms with E-state index in [1.807, 2.05) is 55.5 Å². The van der Waals surface area contributed by atoms with Crippen LogP contribution in [0.1, 0.15) is 16.7 Å². The number of amidine groups is 2. The molecule has 4 rings (SSSR count). The Bertz CT molecular complexity index is 1070. The average Bonchev–Trinajstić information content (AvgIpc) is 2.88. The molecule has 1 aliphatic rings. The van der Waals surface area contributed by atoms with Crippen LogP contribution in [0.5, 0.6) is 0 Å². The van der Waals surface area contributed by atoms with Gasteiger partial charge >= 0.3 is 0 Å². The highest BCUT2D eigenvalue weighted by Gasteiger charge is 2.16. The number of hydrogen-bond acceptors (Lipinski definition) is 5. The number of nitro groups is 1. The summed E-state index contributed by atoms with van der Waals surface area (Å²) in [6, 6.07) is 22.0. The number of rotatable bonds is 3. The van der Waals surface area contributed by atoms with Crippen molar-refractivity contribution in [1.29, 1.82) is 0 Å². The number of nitrogens with zero attached hydrogens (tertiary/aromatic N) is 3. The van der Waals surface area contributed by atoms with Gasteiger partial charge in [-0.05, 0) is 36.8 Å². The van der Waals surface area contributed by atoms with Gasteiger partial charge in [0.05, 0.1) is 16.3 Å². The zero-order chi connectivity index (χ0) is 18.8. The molecule has 3 aromatic rings. The lowest BCUT2D eigenvalue weighted by Gasteiger charge is -2.10. The first-order valence-corrected chi connectivity index (χ1v) is 8.45. The van der Waals surface area contributed by atoms with E-state index in [1.165, 1.54) is 12.1 Å². The van der Waals surface area contributed by atoms with E-state index in [0.717, 1.165) is 28.1 Å². The average molecular weight is 356 g/mol. The van der Waals surface area contributed by atoms with Crippen LogP contribution in [0.15, 0.2) is 82.8 Å². The van der Waals surface area contributed by atoms with Gasteiger partial charge in [0, 0.05) is 23.3 Å². The summed E-state index contributed by atoms with van der Waals surface area (Å²) >= 11 is 0. The topological polar surface area (TPSA) is 79.9 Å². The van der Waals surface area contributed by atoms with E-state index < -0.39 is 4.92 Å².